The molecule has 0 spiro atoms. The molecule has 2 aromatic carbocycles. The number of hydrogen-bond donors (Lipinski definition) is 1. The lowest BCUT2D eigenvalue weighted by molar-refractivity contribution is 0.151. The number of nitrogens with one attached hydrogen (secondary N) is 1. The monoisotopic (exact) mass is 372 g/mol. The molecule has 0 bridgehead atoms. The molecular formula is C21H25ClN2O2. The third-order valence-electron chi connectivity index (χ3n) is 5.28. The van der Waals surface area contributed by atoms with Crippen molar-refractivity contribution in [1.29, 1.82) is 0 Å². The van der Waals surface area contributed by atoms with E-state index in [-0.39, 0.29) is 12.1 Å². The Kier molecular flexibility index (Phi) is 5.23. The number of anilines is 1. The first-order chi connectivity index (χ1) is 12.7. The summed E-state index contributed by atoms with van der Waals surface area (Å²) in [6, 6.07) is 14.1. The van der Waals surface area contributed by atoms with E-state index in [4.69, 9.17) is 21.1 Å². The average molecular weight is 373 g/mol. The molecule has 26 heavy (non-hydrogen) atoms. The smallest absolute Gasteiger partial charge is 0.124 e. The lowest BCUT2D eigenvalue weighted by Crippen LogP contribution is -2.49. The summed E-state index contributed by atoms with van der Waals surface area (Å²) in [5.41, 5.74) is 2.42. The van der Waals surface area contributed by atoms with Crippen molar-refractivity contribution in [2.24, 2.45) is 0 Å². The van der Waals surface area contributed by atoms with E-state index in [9.17, 15) is 0 Å². The molecule has 0 amide bonds. The predicted molar refractivity (Wildman–Crippen MR) is 106 cm³/mol. The van der Waals surface area contributed by atoms with Gasteiger partial charge in [0.1, 0.15) is 17.6 Å². The van der Waals surface area contributed by atoms with Gasteiger partial charge in [-0.15, -0.1) is 0 Å². The fraction of sp³-hybridized carbons (Fsp3) is 0.429. The number of nitrogens with zero attached hydrogens (tertiary/aromatic N) is 1. The van der Waals surface area contributed by atoms with Gasteiger partial charge in [-0.2, -0.15) is 0 Å². The third-order valence-corrected chi connectivity index (χ3v) is 5.53. The third kappa shape index (κ3) is 3.92. The van der Waals surface area contributed by atoms with Crippen LogP contribution in [-0.4, -0.2) is 43.8 Å². The van der Waals surface area contributed by atoms with Crippen molar-refractivity contribution >= 4 is 17.3 Å². The van der Waals surface area contributed by atoms with Crippen LogP contribution in [0.4, 0.5) is 5.69 Å². The van der Waals surface area contributed by atoms with Crippen LogP contribution in [-0.2, 0) is 6.42 Å². The molecule has 4 rings (SSSR count). The zero-order valence-electron chi connectivity index (χ0n) is 15.1. The normalized spacial score (nSPS) is 22.5. The fourth-order valence-electron chi connectivity index (χ4n) is 3.88. The van der Waals surface area contributed by atoms with Crippen LogP contribution < -0.4 is 14.8 Å². The molecule has 2 aliphatic heterocycles. The molecule has 1 saturated heterocycles. The highest BCUT2D eigenvalue weighted by Gasteiger charge is 2.32. The molecule has 138 valence electrons. The maximum Gasteiger partial charge on any atom is 0.124 e. The van der Waals surface area contributed by atoms with Crippen LogP contribution in [0.1, 0.15) is 18.4 Å². The van der Waals surface area contributed by atoms with Crippen molar-refractivity contribution in [3.05, 3.63) is 53.1 Å². The Labute approximate surface area is 160 Å². The number of likely N-dealkylation sites (tertiary alicyclic amines) is 1. The standard InChI is InChI=1S/C21H25ClN2O2/c1-25-18-8-9-19-15(12-18)13-21(26-17-6-4-16(22)5-7-17)20(23-19)14-24-10-2-3-11-24/h4-9,12,20-21,23H,2-3,10-11,13-14H2,1H3/t20-,21-/m1/s1. The van der Waals surface area contributed by atoms with Gasteiger partial charge in [0.05, 0.1) is 13.2 Å². The molecule has 2 aliphatic rings. The number of rotatable bonds is 5. The molecule has 1 fully saturated rings. The number of benzene rings is 2. The van der Waals surface area contributed by atoms with Gasteiger partial charge < -0.3 is 19.7 Å². The van der Waals surface area contributed by atoms with Crippen LogP contribution in [0.3, 0.4) is 0 Å². The number of fused-ring (bicyclic) bond motifs is 1. The Bertz CT molecular complexity index is 744. The minimum absolute atomic E-state index is 0.0661. The Morgan fingerprint density at radius 3 is 2.54 bits per heavy atom. The van der Waals surface area contributed by atoms with E-state index < -0.39 is 0 Å². The maximum absolute atomic E-state index is 6.37. The van der Waals surface area contributed by atoms with Crippen molar-refractivity contribution in [3.8, 4) is 11.5 Å². The summed E-state index contributed by atoms with van der Waals surface area (Å²) in [4.78, 5) is 2.53. The summed E-state index contributed by atoms with van der Waals surface area (Å²) in [5.74, 6) is 1.74. The molecule has 2 heterocycles. The van der Waals surface area contributed by atoms with E-state index in [1.165, 1.54) is 37.2 Å². The molecule has 0 aliphatic carbocycles. The van der Waals surface area contributed by atoms with E-state index in [1.54, 1.807) is 7.11 Å². The van der Waals surface area contributed by atoms with Gasteiger partial charge in [-0.1, -0.05) is 11.6 Å². The zero-order chi connectivity index (χ0) is 17.9. The Morgan fingerprint density at radius 2 is 1.81 bits per heavy atom. The molecule has 1 N–H and O–H groups in total. The Hall–Kier alpha value is -1.91. The lowest BCUT2D eigenvalue weighted by Gasteiger charge is -2.37. The molecule has 0 radical (unpaired) electrons. The van der Waals surface area contributed by atoms with Gasteiger partial charge in [0.2, 0.25) is 0 Å². The maximum atomic E-state index is 6.37. The van der Waals surface area contributed by atoms with Crippen LogP contribution in [0.5, 0.6) is 11.5 Å². The first-order valence-corrected chi connectivity index (χ1v) is 9.67. The first-order valence-electron chi connectivity index (χ1n) is 9.29. The summed E-state index contributed by atoms with van der Waals surface area (Å²) in [7, 11) is 1.70. The van der Waals surface area contributed by atoms with Gasteiger partial charge in [-0.05, 0) is 74.0 Å². The first kappa shape index (κ1) is 17.5. The van der Waals surface area contributed by atoms with Crippen molar-refractivity contribution in [2.45, 2.75) is 31.4 Å². The van der Waals surface area contributed by atoms with E-state index in [0.717, 1.165) is 29.5 Å². The van der Waals surface area contributed by atoms with Crippen molar-refractivity contribution < 1.29 is 9.47 Å². The average Bonchev–Trinajstić information content (AvgIpc) is 3.17. The van der Waals surface area contributed by atoms with Crippen LogP contribution in [0.2, 0.25) is 5.02 Å². The number of hydrogen-bond acceptors (Lipinski definition) is 4. The molecule has 2 aromatic rings. The second kappa shape index (κ2) is 7.77. The number of ether oxygens (including phenoxy) is 2. The summed E-state index contributed by atoms with van der Waals surface area (Å²) in [6.45, 7) is 3.37. The second-order valence-corrected chi connectivity index (χ2v) is 7.53. The summed E-state index contributed by atoms with van der Waals surface area (Å²) < 4.78 is 11.8. The molecule has 5 heteroatoms. The quantitative estimate of drug-likeness (QED) is 0.851. The van der Waals surface area contributed by atoms with Crippen LogP contribution >= 0.6 is 11.6 Å². The lowest BCUT2D eigenvalue weighted by atomic mass is 9.94. The van der Waals surface area contributed by atoms with Gasteiger partial charge in [0, 0.05) is 23.7 Å². The van der Waals surface area contributed by atoms with Crippen molar-refractivity contribution in [2.75, 3.05) is 32.1 Å². The summed E-state index contributed by atoms with van der Waals surface area (Å²) >= 11 is 6.01. The van der Waals surface area contributed by atoms with Gasteiger partial charge >= 0.3 is 0 Å². The minimum atomic E-state index is 0.0661. The largest absolute Gasteiger partial charge is 0.497 e. The Balaban J connectivity index is 1.56. The number of halogens is 1. The van der Waals surface area contributed by atoms with Gasteiger partial charge in [0.15, 0.2) is 0 Å². The summed E-state index contributed by atoms with van der Waals surface area (Å²) in [5, 5.41) is 4.43. The Morgan fingerprint density at radius 1 is 1.08 bits per heavy atom. The summed E-state index contributed by atoms with van der Waals surface area (Å²) in [6.07, 6.45) is 3.52. The minimum Gasteiger partial charge on any atom is -0.497 e. The van der Waals surface area contributed by atoms with E-state index in [0.29, 0.717) is 0 Å². The molecule has 2 atom stereocenters. The highest BCUT2D eigenvalue weighted by Crippen LogP contribution is 2.31. The van der Waals surface area contributed by atoms with E-state index in [2.05, 4.69) is 22.3 Å². The van der Waals surface area contributed by atoms with Crippen molar-refractivity contribution in [1.82, 2.24) is 4.90 Å². The predicted octanol–water partition coefficient (Wildman–Crippen LogP) is 4.23. The highest BCUT2D eigenvalue weighted by atomic mass is 35.5. The van der Waals surface area contributed by atoms with E-state index >= 15 is 0 Å². The fourth-order valence-corrected chi connectivity index (χ4v) is 4.00. The highest BCUT2D eigenvalue weighted by molar-refractivity contribution is 6.30. The second-order valence-electron chi connectivity index (χ2n) is 7.10. The molecule has 0 saturated carbocycles. The van der Waals surface area contributed by atoms with Crippen LogP contribution in [0, 0.1) is 0 Å². The van der Waals surface area contributed by atoms with Crippen molar-refractivity contribution in [3.63, 3.8) is 0 Å². The SMILES string of the molecule is COc1ccc2c(c1)C[C@@H](Oc1ccc(Cl)cc1)[C@@H](CN1CCCC1)N2. The molecule has 0 unspecified atom stereocenters. The molecule has 4 nitrogen and oxygen atoms in total. The van der Waals surface area contributed by atoms with Crippen LogP contribution in [0.25, 0.3) is 0 Å². The molecule has 0 aromatic heterocycles. The number of methoxy groups -OCH3 is 1. The van der Waals surface area contributed by atoms with E-state index in [1.807, 2.05) is 30.3 Å². The van der Waals surface area contributed by atoms with Crippen LogP contribution in [0.15, 0.2) is 42.5 Å². The zero-order valence-corrected chi connectivity index (χ0v) is 15.8. The topological polar surface area (TPSA) is 33.7 Å². The van der Waals surface area contributed by atoms with Gasteiger partial charge in [0.25, 0.3) is 0 Å². The van der Waals surface area contributed by atoms with Gasteiger partial charge in [-0.3, -0.25) is 0 Å². The molecular weight excluding hydrogens is 348 g/mol. The van der Waals surface area contributed by atoms with Gasteiger partial charge in [-0.25, -0.2) is 0 Å².